The van der Waals surface area contributed by atoms with Crippen LogP contribution in [0.2, 0.25) is 0 Å². The molecule has 7 nitrogen and oxygen atoms in total. The van der Waals surface area contributed by atoms with E-state index in [1.165, 1.54) is 0 Å². The maximum absolute atomic E-state index is 12.2. The molecule has 0 atom stereocenters. The highest BCUT2D eigenvalue weighted by Gasteiger charge is 2.07. The highest BCUT2D eigenvalue weighted by atomic mass is 16.5. The second kappa shape index (κ2) is 9.76. The standard InChI is InChI=1S/C22H20N4O3/c1-28-19-6-8-20(9-7-19)29-12-11-24-22(27)21-10-5-18(15-25-21)26-17-4-2-3-16(13-17)14-23/h2-10,13,15,26H,11-12H2,1H3,(H,24,27). The molecule has 0 radical (unpaired) electrons. The van der Waals surface area contributed by atoms with Gasteiger partial charge >= 0.3 is 0 Å². The van der Waals surface area contributed by atoms with Crippen LogP contribution in [0, 0.1) is 11.3 Å². The summed E-state index contributed by atoms with van der Waals surface area (Å²) in [4.78, 5) is 16.4. The largest absolute Gasteiger partial charge is 0.497 e. The molecule has 0 unspecified atom stereocenters. The van der Waals surface area contributed by atoms with Crippen molar-refractivity contribution in [1.82, 2.24) is 10.3 Å². The van der Waals surface area contributed by atoms with E-state index >= 15 is 0 Å². The minimum Gasteiger partial charge on any atom is -0.497 e. The number of methoxy groups -OCH3 is 1. The molecular formula is C22H20N4O3. The van der Waals surface area contributed by atoms with Crippen LogP contribution in [-0.4, -0.2) is 31.2 Å². The van der Waals surface area contributed by atoms with Crippen molar-refractivity contribution in [3.8, 4) is 17.6 Å². The summed E-state index contributed by atoms with van der Waals surface area (Å²) in [6.45, 7) is 0.695. The lowest BCUT2D eigenvalue weighted by molar-refractivity contribution is 0.0942. The number of pyridine rings is 1. The first kappa shape index (κ1) is 19.7. The van der Waals surface area contributed by atoms with Gasteiger partial charge in [0.1, 0.15) is 23.8 Å². The van der Waals surface area contributed by atoms with E-state index in [1.807, 2.05) is 18.2 Å². The lowest BCUT2D eigenvalue weighted by Crippen LogP contribution is -2.28. The zero-order valence-electron chi connectivity index (χ0n) is 15.9. The van der Waals surface area contributed by atoms with E-state index in [9.17, 15) is 4.79 Å². The van der Waals surface area contributed by atoms with Crippen LogP contribution < -0.4 is 20.1 Å². The van der Waals surface area contributed by atoms with Crippen molar-refractivity contribution in [3.05, 3.63) is 78.1 Å². The Labute approximate surface area is 168 Å². The number of carbonyl (C=O) groups excluding carboxylic acids is 1. The van der Waals surface area contributed by atoms with Crippen molar-refractivity contribution in [2.75, 3.05) is 25.6 Å². The Balaban J connectivity index is 1.46. The van der Waals surface area contributed by atoms with E-state index in [-0.39, 0.29) is 5.91 Å². The summed E-state index contributed by atoms with van der Waals surface area (Å²) in [7, 11) is 1.61. The fraction of sp³-hybridized carbons (Fsp3) is 0.136. The number of hydrogen-bond acceptors (Lipinski definition) is 6. The average molecular weight is 388 g/mol. The van der Waals surface area contributed by atoms with Crippen LogP contribution in [0.4, 0.5) is 11.4 Å². The van der Waals surface area contributed by atoms with Gasteiger partial charge in [0.15, 0.2) is 0 Å². The Kier molecular flexibility index (Phi) is 6.63. The summed E-state index contributed by atoms with van der Waals surface area (Å²) in [5.74, 6) is 1.18. The van der Waals surface area contributed by atoms with Crippen LogP contribution >= 0.6 is 0 Å². The van der Waals surface area contributed by atoms with Crippen LogP contribution in [0.5, 0.6) is 11.5 Å². The molecule has 0 aliphatic carbocycles. The predicted molar refractivity (Wildman–Crippen MR) is 109 cm³/mol. The molecule has 2 aromatic carbocycles. The lowest BCUT2D eigenvalue weighted by atomic mass is 10.2. The minimum atomic E-state index is -0.277. The Morgan fingerprint density at radius 3 is 2.55 bits per heavy atom. The smallest absolute Gasteiger partial charge is 0.269 e. The van der Waals surface area contributed by atoms with Crippen LogP contribution in [0.15, 0.2) is 66.9 Å². The van der Waals surface area contributed by atoms with Gasteiger partial charge in [-0.15, -0.1) is 0 Å². The van der Waals surface area contributed by atoms with Gasteiger partial charge in [-0.25, -0.2) is 4.98 Å². The molecule has 1 aromatic heterocycles. The first-order chi connectivity index (χ1) is 14.2. The van der Waals surface area contributed by atoms with E-state index in [0.717, 1.165) is 17.1 Å². The number of ether oxygens (including phenoxy) is 2. The predicted octanol–water partition coefficient (Wildman–Crippen LogP) is 3.51. The molecule has 0 saturated carbocycles. The van der Waals surface area contributed by atoms with E-state index in [1.54, 1.807) is 55.8 Å². The fourth-order valence-electron chi connectivity index (χ4n) is 2.53. The number of anilines is 2. The molecule has 1 heterocycles. The Hall–Kier alpha value is -4.05. The van der Waals surface area contributed by atoms with Crippen LogP contribution in [0.25, 0.3) is 0 Å². The number of aromatic nitrogens is 1. The molecule has 0 bridgehead atoms. The molecular weight excluding hydrogens is 368 g/mol. The van der Waals surface area contributed by atoms with Gasteiger partial charge in [-0.1, -0.05) is 6.07 Å². The van der Waals surface area contributed by atoms with Gasteiger partial charge in [0, 0.05) is 5.69 Å². The summed E-state index contributed by atoms with van der Waals surface area (Å²) in [6, 6.07) is 19.8. The number of nitriles is 1. The zero-order valence-corrected chi connectivity index (χ0v) is 15.9. The number of carbonyl (C=O) groups is 1. The van der Waals surface area contributed by atoms with Crippen molar-refractivity contribution in [2.24, 2.45) is 0 Å². The Morgan fingerprint density at radius 2 is 1.86 bits per heavy atom. The second-order valence-electron chi connectivity index (χ2n) is 6.03. The summed E-state index contributed by atoms with van der Waals surface area (Å²) in [5, 5.41) is 14.9. The Morgan fingerprint density at radius 1 is 1.07 bits per heavy atom. The van der Waals surface area contributed by atoms with E-state index < -0.39 is 0 Å². The number of hydrogen-bond donors (Lipinski definition) is 2. The summed E-state index contributed by atoms with van der Waals surface area (Å²) < 4.78 is 10.7. The third kappa shape index (κ3) is 5.71. The first-order valence-corrected chi connectivity index (χ1v) is 8.96. The third-order valence-electron chi connectivity index (χ3n) is 3.99. The highest BCUT2D eigenvalue weighted by molar-refractivity contribution is 5.92. The quantitative estimate of drug-likeness (QED) is 0.573. The molecule has 0 saturated heterocycles. The molecule has 7 heteroatoms. The fourth-order valence-corrected chi connectivity index (χ4v) is 2.53. The normalized spacial score (nSPS) is 9.93. The number of nitrogens with one attached hydrogen (secondary N) is 2. The van der Waals surface area contributed by atoms with Gasteiger partial charge in [0.25, 0.3) is 5.91 Å². The molecule has 0 spiro atoms. The first-order valence-electron chi connectivity index (χ1n) is 8.96. The van der Waals surface area contributed by atoms with Crippen molar-refractivity contribution >= 4 is 17.3 Å². The van der Waals surface area contributed by atoms with Gasteiger partial charge in [-0.05, 0) is 54.6 Å². The minimum absolute atomic E-state index is 0.277. The van der Waals surface area contributed by atoms with Crippen molar-refractivity contribution in [2.45, 2.75) is 0 Å². The summed E-state index contributed by atoms with van der Waals surface area (Å²) in [5.41, 5.74) is 2.37. The highest BCUT2D eigenvalue weighted by Crippen LogP contribution is 2.18. The van der Waals surface area contributed by atoms with E-state index in [4.69, 9.17) is 14.7 Å². The SMILES string of the molecule is COc1ccc(OCCNC(=O)c2ccc(Nc3cccc(C#N)c3)cn2)cc1. The van der Waals surface area contributed by atoms with Gasteiger partial charge < -0.3 is 20.1 Å². The van der Waals surface area contributed by atoms with Crippen LogP contribution in [0.1, 0.15) is 16.1 Å². The molecule has 3 rings (SSSR count). The summed E-state index contributed by atoms with van der Waals surface area (Å²) >= 11 is 0. The second-order valence-corrected chi connectivity index (χ2v) is 6.03. The topological polar surface area (TPSA) is 96.3 Å². The number of nitrogens with zero attached hydrogens (tertiary/aromatic N) is 2. The summed E-state index contributed by atoms with van der Waals surface area (Å²) in [6.07, 6.45) is 1.57. The van der Waals surface area contributed by atoms with E-state index in [0.29, 0.717) is 30.2 Å². The van der Waals surface area contributed by atoms with Crippen molar-refractivity contribution in [1.29, 1.82) is 5.26 Å². The van der Waals surface area contributed by atoms with E-state index in [2.05, 4.69) is 21.7 Å². The maximum atomic E-state index is 12.2. The van der Waals surface area contributed by atoms with Crippen molar-refractivity contribution < 1.29 is 14.3 Å². The maximum Gasteiger partial charge on any atom is 0.269 e. The monoisotopic (exact) mass is 388 g/mol. The molecule has 0 fully saturated rings. The zero-order chi connectivity index (χ0) is 20.5. The number of amides is 1. The molecule has 2 N–H and O–H groups in total. The molecule has 0 aliphatic rings. The molecule has 29 heavy (non-hydrogen) atoms. The van der Waals surface area contributed by atoms with Crippen LogP contribution in [-0.2, 0) is 0 Å². The lowest BCUT2D eigenvalue weighted by Gasteiger charge is -2.09. The van der Waals surface area contributed by atoms with Gasteiger partial charge in [-0.2, -0.15) is 5.26 Å². The molecule has 0 aliphatic heterocycles. The van der Waals surface area contributed by atoms with Gasteiger partial charge in [-0.3, -0.25) is 4.79 Å². The average Bonchev–Trinajstić information content (AvgIpc) is 2.77. The molecule has 1 amide bonds. The van der Waals surface area contributed by atoms with Crippen LogP contribution in [0.3, 0.4) is 0 Å². The molecule has 146 valence electrons. The Bertz CT molecular complexity index is 996. The number of benzene rings is 2. The van der Waals surface area contributed by atoms with Gasteiger partial charge in [0.05, 0.1) is 37.2 Å². The third-order valence-corrected chi connectivity index (χ3v) is 3.99. The van der Waals surface area contributed by atoms with Gasteiger partial charge in [0.2, 0.25) is 0 Å². The molecule has 3 aromatic rings. The number of rotatable bonds is 8. The van der Waals surface area contributed by atoms with Crippen molar-refractivity contribution in [3.63, 3.8) is 0 Å².